The van der Waals surface area contributed by atoms with E-state index in [0.717, 1.165) is 22.8 Å². The molecule has 1 fully saturated rings. The van der Waals surface area contributed by atoms with Gasteiger partial charge in [0.05, 0.1) is 24.8 Å². The lowest BCUT2D eigenvalue weighted by atomic mass is 9.99. The van der Waals surface area contributed by atoms with Crippen LogP contribution < -0.4 is 19.7 Å². The van der Waals surface area contributed by atoms with E-state index in [2.05, 4.69) is 45.0 Å². The number of nitrogens with one attached hydrogen (secondary N) is 1. The Morgan fingerprint density at radius 3 is 2.48 bits per heavy atom. The SMILES string of the molecule is COc1ccc(N2CCS/C2=N\C(=O)NCC(C#N)c2ccc(-c3ncn(-c4ccc(OC(F)(F)F)cc4)n3)cc2)c(C(C)C)c1. The predicted molar refractivity (Wildman–Crippen MR) is 170 cm³/mol. The van der Waals surface area contributed by atoms with Crippen molar-refractivity contribution < 1.29 is 27.4 Å². The summed E-state index contributed by atoms with van der Waals surface area (Å²) in [6, 6.07) is 19.9. The molecule has 238 valence electrons. The zero-order valence-electron chi connectivity index (χ0n) is 25.2. The number of rotatable bonds is 9. The number of nitriles is 1. The standard InChI is InChI=1S/C32H30F3N7O3S/c1-20(2)27-16-26(44-3)12-13-28(27)41-14-15-46-31(41)39-30(43)37-18-23(17-36)21-4-6-22(7-5-21)29-38-19-42(40-29)24-8-10-25(11-9-24)45-32(33,34)35/h4-13,16,19-20,23H,14-15,18H2,1-3H3,(H,37,43)/b39-31-. The molecule has 0 spiro atoms. The van der Waals surface area contributed by atoms with E-state index >= 15 is 0 Å². The molecule has 46 heavy (non-hydrogen) atoms. The Hall–Kier alpha value is -5.03. The van der Waals surface area contributed by atoms with Gasteiger partial charge in [0, 0.05) is 30.1 Å². The lowest BCUT2D eigenvalue weighted by Crippen LogP contribution is -2.30. The number of aliphatic imine (C=N–C) groups is 1. The van der Waals surface area contributed by atoms with Gasteiger partial charge in [-0.1, -0.05) is 49.9 Å². The number of thioether (sulfide) groups is 1. The number of hydrogen-bond donors (Lipinski definition) is 1. The van der Waals surface area contributed by atoms with Crippen molar-refractivity contribution in [1.82, 2.24) is 20.1 Å². The number of carbonyl (C=O) groups is 1. The minimum absolute atomic E-state index is 0.0663. The Morgan fingerprint density at radius 1 is 1.11 bits per heavy atom. The highest BCUT2D eigenvalue weighted by atomic mass is 32.2. The quantitative estimate of drug-likeness (QED) is 0.208. The van der Waals surface area contributed by atoms with Crippen LogP contribution in [0.15, 0.2) is 78.0 Å². The van der Waals surface area contributed by atoms with Crippen LogP contribution in [0.2, 0.25) is 0 Å². The summed E-state index contributed by atoms with van der Waals surface area (Å²) in [5, 5.41) is 17.6. The second kappa shape index (κ2) is 13.9. The van der Waals surface area contributed by atoms with E-state index in [1.54, 1.807) is 31.4 Å². The first-order valence-electron chi connectivity index (χ1n) is 14.3. The van der Waals surface area contributed by atoms with Crippen LogP contribution in [0.25, 0.3) is 17.1 Å². The van der Waals surface area contributed by atoms with Gasteiger partial charge in [0.15, 0.2) is 11.0 Å². The van der Waals surface area contributed by atoms with E-state index in [1.165, 1.54) is 47.0 Å². The third-order valence-corrected chi connectivity index (χ3v) is 8.09. The second-order valence-corrected chi connectivity index (χ2v) is 11.6. The number of amidine groups is 1. The maximum atomic E-state index is 12.8. The first-order valence-corrected chi connectivity index (χ1v) is 15.3. The molecule has 3 aromatic carbocycles. The van der Waals surface area contributed by atoms with Gasteiger partial charge in [-0.05, 0) is 59.5 Å². The number of alkyl halides is 3. The average Bonchev–Trinajstić information content (AvgIpc) is 3.71. The van der Waals surface area contributed by atoms with Gasteiger partial charge < -0.3 is 19.7 Å². The fourth-order valence-electron chi connectivity index (χ4n) is 4.82. The highest BCUT2D eigenvalue weighted by Gasteiger charge is 2.31. The molecule has 14 heteroatoms. The molecular formula is C32H30F3N7O3S. The molecule has 10 nitrogen and oxygen atoms in total. The average molecular weight is 650 g/mol. The second-order valence-electron chi connectivity index (χ2n) is 10.5. The van der Waals surface area contributed by atoms with Crippen molar-refractivity contribution >= 4 is 28.6 Å². The predicted octanol–water partition coefficient (Wildman–Crippen LogP) is 6.89. The normalized spacial score (nSPS) is 14.7. The van der Waals surface area contributed by atoms with Crippen LogP contribution in [0, 0.1) is 11.3 Å². The fraction of sp³-hybridized carbons (Fsp3) is 0.281. The zero-order chi connectivity index (χ0) is 32.8. The van der Waals surface area contributed by atoms with Crippen molar-refractivity contribution in [2.24, 2.45) is 4.99 Å². The number of nitrogens with zero attached hydrogens (tertiary/aromatic N) is 6. The molecule has 0 radical (unpaired) electrons. The highest BCUT2D eigenvalue weighted by molar-refractivity contribution is 8.14. The number of benzene rings is 3. The van der Waals surface area contributed by atoms with E-state index in [-0.39, 0.29) is 18.2 Å². The molecule has 0 bridgehead atoms. The zero-order valence-corrected chi connectivity index (χ0v) is 26.0. The summed E-state index contributed by atoms with van der Waals surface area (Å²) in [4.78, 5) is 23.5. The van der Waals surface area contributed by atoms with Crippen molar-refractivity contribution in [2.45, 2.75) is 32.0 Å². The molecule has 1 atom stereocenters. The van der Waals surface area contributed by atoms with E-state index in [0.29, 0.717) is 34.4 Å². The Kier molecular flexibility index (Phi) is 9.81. The molecule has 0 aliphatic carbocycles. The number of methoxy groups -OCH3 is 1. The largest absolute Gasteiger partial charge is 0.573 e. The third-order valence-electron chi connectivity index (χ3n) is 7.13. The summed E-state index contributed by atoms with van der Waals surface area (Å²) in [5.41, 5.74) is 3.94. The summed E-state index contributed by atoms with van der Waals surface area (Å²) in [6.07, 6.45) is -3.33. The van der Waals surface area contributed by atoms with Crippen molar-refractivity contribution in [3.63, 3.8) is 0 Å². The molecule has 1 unspecified atom stereocenters. The van der Waals surface area contributed by atoms with E-state index < -0.39 is 18.3 Å². The number of hydrogen-bond acceptors (Lipinski definition) is 7. The molecular weight excluding hydrogens is 619 g/mol. The van der Waals surface area contributed by atoms with Crippen LogP contribution in [-0.4, -0.2) is 58.3 Å². The first kappa shape index (κ1) is 32.4. The number of carbonyl (C=O) groups excluding carboxylic acids is 1. The van der Waals surface area contributed by atoms with Crippen molar-refractivity contribution in [1.29, 1.82) is 5.26 Å². The molecule has 2 amide bonds. The Bertz CT molecular complexity index is 1750. The Labute approximate surface area is 267 Å². The smallest absolute Gasteiger partial charge is 0.497 e. The molecule has 5 rings (SSSR count). The summed E-state index contributed by atoms with van der Waals surface area (Å²) >= 11 is 1.50. The fourth-order valence-corrected chi connectivity index (χ4v) is 5.77. The van der Waals surface area contributed by atoms with Crippen molar-refractivity contribution in [3.05, 3.63) is 84.2 Å². The summed E-state index contributed by atoms with van der Waals surface area (Å²) < 4.78 is 48.0. The molecule has 1 aliphatic heterocycles. The van der Waals surface area contributed by atoms with Crippen LogP contribution in [0.5, 0.6) is 11.5 Å². The van der Waals surface area contributed by atoms with Crippen LogP contribution in [0.4, 0.5) is 23.7 Å². The Balaban J connectivity index is 1.21. The van der Waals surface area contributed by atoms with E-state index in [4.69, 9.17) is 4.74 Å². The molecule has 1 saturated heterocycles. The van der Waals surface area contributed by atoms with Gasteiger partial charge in [-0.25, -0.2) is 14.5 Å². The van der Waals surface area contributed by atoms with Gasteiger partial charge in [-0.15, -0.1) is 18.3 Å². The van der Waals surface area contributed by atoms with Gasteiger partial charge in [-0.3, -0.25) is 0 Å². The number of aromatic nitrogens is 3. The minimum Gasteiger partial charge on any atom is -0.497 e. The number of halogens is 3. The number of urea groups is 1. The summed E-state index contributed by atoms with van der Waals surface area (Å²) in [5.74, 6) is 1.22. The molecule has 0 saturated carbocycles. The summed E-state index contributed by atoms with van der Waals surface area (Å²) in [6.45, 7) is 4.99. The van der Waals surface area contributed by atoms with Crippen LogP contribution in [0.1, 0.15) is 36.8 Å². The van der Waals surface area contributed by atoms with Gasteiger partial charge >= 0.3 is 12.4 Å². The molecule has 1 aromatic heterocycles. The van der Waals surface area contributed by atoms with Gasteiger partial charge in [0.25, 0.3) is 0 Å². The number of anilines is 1. The summed E-state index contributed by atoms with van der Waals surface area (Å²) in [7, 11) is 1.63. The lowest BCUT2D eigenvalue weighted by Gasteiger charge is -2.23. The third kappa shape index (κ3) is 7.78. The molecule has 2 heterocycles. The van der Waals surface area contributed by atoms with E-state index in [9.17, 15) is 23.2 Å². The topological polar surface area (TPSA) is 118 Å². The Morgan fingerprint density at radius 2 is 1.83 bits per heavy atom. The highest BCUT2D eigenvalue weighted by Crippen LogP contribution is 2.35. The number of amides is 2. The van der Waals surface area contributed by atoms with E-state index in [1.807, 2.05) is 23.1 Å². The van der Waals surface area contributed by atoms with Crippen molar-refractivity contribution in [2.75, 3.05) is 30.9 Å². The van der Waals surface area contributed by atoms with Gasteiger partial charge in [0.2, 0.25) is 0 Å². The minimum atomic E-state index is -4.77. The molecule has 4 aromatic rings. The van der Waals surface area contributed by atoms with Crippen LogP contribution in [0.3, 0.4) is 0 Å². The molecule has 1 aliphatic rings. The van der Waals surface area contributed by atoms with Crippen molar-refractivity contribution in [3.8, 4) is 34.6 Å². The monoisotopic (exact) mass is 649 g/mol. The maximum absolute atomic E-state index is 12.8. The lowest BCUT2D eigenvalue weighted by molar-refractivity contribution is -0.274. The number of ether oxygens (including phenoxy) is 2. The first-order chi connectivity index (χ1) is 22.0. The molecule has 1 N–H and O–H groups in total. The maximum Gasteiger partial charge on any atom is 0.573 e. The van der Waals surface area contributed by atoms with Crippen LogP contribution in [-0.2, 0) is 0 Å². The van der Waals surface area contributed by atoms with Crippen LogP contribution >= 0.6 is 11.8 Å². The van der Waals surface area contributed by atoms with Gasteiger partial charge in [-0.2, -0.15) is 10.3 Å². The van der Waals surface area contributed by atoms with Gasteiger partial charge in [0.1, 0.15) is 17.8 Å².